The molecule has 4 heteroatoms. The van der Waals surface area contributed by atoms with Crippen LogP contribution in [0.4, 0.5) is 0 Å². The van der Waals surface area contributed by atoms with Gasteiger partial charge in [0.1, 0.15) is 0 Å². The topological polar surface area (TPSA) is 42.2 Å². The summed E-state index contributed by atoms with van der Waals surface area (Å²) in [7, 11) is 0. The molecule has 0 aromatic carbocycles. The van der Waals surface area contributed by atoms with Crippen LogP contribution in [0.1, 0.15) is 63.1 Å². The van der Waals surface area contributed by atoms with Gasteiger partial charge in [-0.25, -0.2) is 0 Å². The standard InChI is InChI=1S/C14H23N3O/c1-2-6-13-15-14(18-16-13)11-9-12(10-11)17-7-4-3-5-8-17/h11-12H,2-10H2,1H3. The molecule has 1 aliphatic heterocycles. The highest BCUT2D eigenvalue weighted by Crippen LogP contribution is 2.39. The van der Waals surface area contributed by atoms with Crippen LogP contribution in [0.2, 0.25) is 0 Å². The smallest absolute Gasteiger partial charge is 0.229 e. The average Bonchev–Trinajstić information content (AvgIpc) is 2.78. The van der Waals surface area contributed by atoms with Gasteiger partial charge < -0.3 is 9.42 Å². The van der Waals surface area contributed by atoms with Crippen molar-refractivity contribution >= 4 is 0 Å². The molecule has 0 N–H and O–H groups in total. The van der Waals surface area contributed by atoms with E-state index in [0.29, 0.717) is 5.92 Å². The molecular formula is C14H23N3O. The third kappa shape index (κ3) is 2.44. The minimum atomic E-state index is 0.523. The summed E-state index contributed by atoms with van der Waals surface area (Å²) in [5.41, 5.74) is 0. The lowest BCUT2D eigenvalue weighted by Gasteiger charge is -2.43. The SMILES string of the molecule is CCCc1noc(C2CC(N3CCCCC3)C2)n1. The van der Waals surface area contributed by atoms with E-state index in [1.807, 2.05) is 0 Å². The number of piperidine rings is 1. The molecule has 0 amide bonds. The van der Waals surface area contributed by atoms with E-state index < -0.39 is 0 Å². The fraction of sp³-hybridized carbons (Fsp3) is 0.857. The first kappa shape index (κ1) is 12.2. The highest BCUT2D eigenvalue weighted by molar-refractivity contribution is 5.04. The number of rotatable bonds is 4. The minimum Gasteiger partial charge on any atom is -0.339 e. The van der Waals surface area contributed by atoms with Crippen LogP contribution in [0.5, 0.6) is 0 Å². The van der Waals surface area contributed by atoms with E-state index in [-0.39, 0.29) is 0 Å². The molecule has 18 heavy (non-hydrogen) atoms. The van der Waals surface area contributed by atoms with E-state index in [1.165, 1.54) is 45.2 Å². The van der Waals surface area contributed by atoms with Gasteiger partial charge in [-0.1, -0.05) is 18.5 Å². The molecule has 1 saturated carbocycles. The zero-order valence-corrected chi connectivity index (χ0v) is 11.3. The molecule has 3 rings (SSSR count). The molecule has 1 saturated heterocycles. The predicted molar refractivity (Wildman–Crippen MR) is 69.5 cm³/mol. The molecule has 0 unspecified atom stereocenters. The van der Waals surface area contributed by atoms with E-state index in [1.54, 1.807) is 0 Å². The van der Waals surface area contributed by atoms with Gasteiger partial charge in [-0.05, 0) is 45.2 Å². The Kier molecular flexibility index (Phi) is 3.64. The van der Waals surface area contributed by atoms with Crippen LogP contribution < -0.4 is 0 Å². The van der Waals surface area contributed by atoms with Crippen LogP contribution in [0.3, 0.4) is 0 Å². The molecule has 1 aliphatic carbocycles. The fourth-order valence-corrected chi connectivity index (χ4v) is 3.13. The van der Waals surface area contributed by atoms with E-state index in [2.05, 4.69) is 22.0 Å². The molecule has 0 spiro atoms. The summed E-state index contributed by atoms with van der Waals surface area (Å²) in [6.07, 6.45) is 8.62. The summed E-state index contributed by atoms with van der Waals surface area (Å²) < 4.78 is 5.38. The Hall–Kier alpha value is -0.900. The quantitative estimate of drug-likeness (QED) is 0.823. The van der Waals surface area contributed by atoms with E-state index in [9.17, 15) is 0 Å². The van der Waals surface area contributed by atoms with Crippen LogP contribution in [0, 0.1) is 0 Å². The van der Waals surface area contributed by atoms with Gasteiger partial charge in [0.05, 0.1) is 0 Å². The van der Waals surface area contributed by atoms with Gasteiger partial charge in [0.25, 0.3) is 0 Å². The van der Waals surface area contributed by atoms with Crippen molar-refractivity contribution in [2.45, 2.75) is 63.8 Å². The summed E-state index contributed by atoms with van der Waals surface area (Å²) in [6, 6.07) is 0.775. The lowest BCUT2D eigenvalue weighted by molar-refractivity contribution is 0.0783. The summed E-state index contributed by atoms with van der Waals surface area (Å²) in [5, 5.41) is 4.05. The molecule has 4 nitrogen and oxygen atoms in total. The Morgan fingerprint density at radius 3 is 2.72 bits per heavy atom. The van der Waals surface area contributed by atoms with Crippen molar-refractivity contribution < 1.29 is 4.52 Å². The highest BCUT2D eigenvalue weighted by atomic mass is 16.5. The van der Waals surface area contributed by atoms with Crippen LogP contribution in [-0.4, -0.2) is 34.2 Å². The zero-order valence-electron chi connectivity index (χ0n) is 11.3. The Labute approximate surface area is 109 Å². The number of aromatic nitrogens is 2. The second kappa shape index (κ2) is 5.39. The molecule has 2 fully saturated rings. The van der Waals surface area contributed by atoms with Gasteiger partial charge in [0, 0.05) is 18.4 Å². The average molecular weight is 249 g/mol. The van der Waals surface area contributed by atoms with Crippen LogP contribution in [0.25, 0.3) is 0 Å². The fourth-order valence-electron chi connectivity index (χ4n) is 3.13. The third-order valence-electron chi connectivity index (χ3n) is 4.33. The second-order valence-corrected chi connectivity index (χ2v) is 5.72. The van der Waals surface area contributed by atoms with Gasteiger partial charge in [0.2, 0.25) is 5.89 Å². The van der Waals surface area contributed by atoms with Gasteiger partial charge in [-0.2, -0.15) is 4.98 Å². The molecule has 2 heterocycles. The molecule has 2 aliphatic rings. The lowest BCUT2D eigenvalue weighted by atomic mass is 9.78. The second-order valence-electron chi connectivity index (χ2n) is 5.72. The lowest BCUT2D eigenvalue weighted by Crippen LogP contribution is -2.46. The number of likely N-dealkylation sites (tertiary alicyclic amines) is 1. The maximum absolute atomic E-state index is 5.38. The first-order chi connectivity index (χ1) is 8.86. The van der Waals surface area contributed by atoms with Crippen LogP contribution in [-0.2, 0) is 6.42 Å². The monoisotopic (exact) mass is 249 g/mol. The van der Waals surface area contributed by atoms with Crippen molar-refractivity contribution in [2.24, 2.45) is 0 Å². The first-order valence-electron chi connectivity index (χ1n) is 7.43. The molecule has 1 aromatic heterocycles. The minimum absolute atomic E-state index is 0.523. The summed E-state index contributed by atoms with van der Waals surface area (Å²) in [5.74, 6) is 2.29. The Morgan fingerprint density at radius 2 is 2.00 bits per heavy atom. The van der Waals surface area contributed by atoms with Gasteiger partial charge in [-0.15, -0.1) is 0 Å². The Morgan fingerprint density at radius 1 is 1.22 bits per heavy atom. The highest BCUT2D eigenvalue weighted by Gasteiger charge is 2.37. The maximum Gasteiger partial charge on any atom is 0.229 e. The molecule has 0 radical (unpaired) electrons. The number of nitrogens with zero attached hydrogens (tertiary/aromatic N) is 3. The molecule has 0 atom stereocenters. The first-order valence-corrected chi connectivity index (χ1v) is 7.43. The Balaban J connectivity index is 1.51. The number of aryl methyl sites for hydroxylation is 1. The van der Waals surface area contributed by atoms with E-state index in [0.717, 1.165) is 30.6 Å². The predicted octanol–water partition coefficient (Wildman–Crippen LogP) is 2.75. The van der Waals surface area contributed by atoms with E-state index >= 15 is 0 Å². The van der Waals surface area contributed by atoms with Crippen molar-refractivity contribution in [1.29, 1.82) is 0 Å². The molecule has 100 valence electrons. The van der Waals surface area contributed by atoms with Gasteiger partial charge >= 0.3 is 0 Å². The number of hydrogen-bond donors (Lipinski definition) is 0. The summed E-state index contributed by atoms with van der Waals surface area (Å²) in [4.78, 5) is 7.16. The summed E-state index contributed by atoms with van der Waals surface area (Å²) in [6.45, 7) is 4.73. The number of hydrogen-bond acceptors (Lipinski definition) is 4. The van der Waals surface area contributed by atoms with Crippen molar-refractivity contribution in [1.82, 2.24) is 15.0 Å². The van der Waals surface area contributed by atoms with Crippen LogP contribution in [0.15, 0.2) is 4.52 Å². The largest absolute Gasteiger partial charge is 0.339 e. The molecular weight excluding hydrogens is 226 g/mol. The van der Waals surface area contributed by atoms with Crippen molar-refractivity contribution in [3.8, 4) is 0 Å². The van der Waals surface area contributed by atoms with Crippen LogP contribution >= 0.6 is 0 Å². The van der Waals surface area contributed by atoms with Crippen molar-refractivity contribution in [2.75, 3.05) is 13.1 Å². The van der Waals surface area contributed by atoms with Gasteiger partial charge in [0.15, 0.2) is 5.82 Å². The maximum atomic E-state index is 5.38. The van der Waals surface area contributed by atoms with E-state index in [4.69, 9.17) is 4.52 Å². The zero-order chi connectivity index (χ0) is 12.4. The van der Waals surface area contributed by atoms with Crippen molar-refractivity contribution in [3.63, 3.8) is 0 Å². The molecule has 1 aromatic rings. The van der Waals surface area contributed by atoms with Crippen molar-refractivity contribution in [3.05, 3.63) is 11.7 Å². The van der Waals surface area contributed by atoms with Gasteiger partial charge in [-0.3, -0.25) is 0 Å². The normalized spacial score (nSPS) is 29.2. The molecule has 0 bridgehead atoms. The third-order valence-corrected chi connectivity index (χ3v) is 4.33. The Bertz CT molecular complexity index is 378. The summed E-state index contributed by atoms with van der Waals surface area (Å²) >= 11 is 0.